The summed E-state index contributed by atoms with van der Waals surface area (Å²) in [7, 11) is 0. The maximum Gasteiger partial charge on any atom is 0.276 e. The van der Waals surface area contributed by atoms with Crippen molar-refractivity contribution in [2.24, 2.45) is 4.99 Å². The number of nitrogens with zero attached hydrogens (tertiary/aromatic N) is 1. The predicted octanol–water partition coefficient (Wildman–Crippen LogP) is 5.46. The van der Waals surface area contributed by atoms with Gasteiger partial charge in [-0.2, -0.15) is 0 Å². The second kappa shape index (κ2) is 9.53. The van der Waals surface area contributed by atoms with Gasteiger partial charge in [-0.3, -0.25) is 19.9 Å². The monoisotopic (exact) mass is 436 g/mol. The number of nitrogens with one attached hydrogen (secondary N) is 1. The van der Waals surface area contributed by atoms with E-state index in [2.05, 4.69) is 46.7 Å². The summed E-state index contributed by atoms with van der Waals surface area (Å²) < 4.78 is 0. The van der Waals surface area contributed by atoms with Gasteiger partial charge in [-0.1, -0.05) is 98.1 Å². The summed E-state index contributed by atoms with van der Waals surface area (Å²) in [5.41, 5.74) is 5.74. The van der Waals surface area contributed by atoms with Gasteiger partial charge in [-0.05, 0) is 41.0 Å². The van der Waals surface area contributed by atoms with Crippen LogP contribution in [-0.2, 0) is 16.0 Å². The molecule has 166 valence electrons. The average Bonchev–Trinajstić information content (AvgIpc) is 2.87. The summed E-state index contributed by atoms with van der Waals surface area (Å²) in [5, 5.41) is 2.50. The molecular formula is C29H28N2O2. The summed E-state index contributed by atoms with van der Waals surface area (Å²) in [4.78, 5) is 29.6. The van der Waals surface area contributed by atoms with E-state index >= 15 is 0 Å². The highest BCUT2D eigenvalue weighted by molar-refractivity contribution is 6.48. The Morgan fingerprint density at radius 3 is 2.06 bits per heavy atom. The van der Waals surface area contributed by atoms with Crippen molar-refractivity contribution < 1.29 is 9.59 Å². The molecule has 2 aliphatic rings. The molecule has 3 aromatic carbocycles. The maximum absolute atomic E-state index is 12.5. The molecule has 1 heterocycles. The lowest BCUT2D eigenvalue weighted by molar-refractivity contribution is -0.128. The standard InChI is InChI=1S/C29H28N2O2/c32-28-26(19-20-11-13-23(14-12-20)21-7-3-1-4-8-21)30-27(29(33)31-28)25-17-15-24(16-18-25)22-9-5-2-6-10-22/h1,3-4,7-8,11-18,22,26H,2,5-6,9-10,19H2,(H,31,32,33). The molecule has 33 heavy (non-hydrogen) atoms. The first-order valence-corrected chi connectivity index (χ1v) is 11.8. The zero-order valence-electron chi connectivity index (χ0n) is 18.7. The van der Waals surface area contributed by atoms with E-state index in [-0.39, 0.29) is 5.91 Å². The highest BCUT2D eigenvalue weighted by Crippen LogP contribution is 2.32. The number of amides is 2. The van der Waals surface area contributed by atoms with Crippen molar-refractivity contribution >= 4 is 17.5 Å². The second-order valence-electron chi connectivity index (χ2n) is 9.04. The van der Waals surface area contributed by atoms with E-state index in [1.165, 1.54) is 37.7 Å². The summed E-state index contributed by atoms with van der Waals surface area (Å²) in [6, 6.07) is 25.9. The number of benzene rings is 3. The van der Waals surface area contributed by atoms with Crippen LogP contribution in [0.25, 0.3) is 11.1 Å². The van der Waals surface area contributed by atoms with E-state index in [0.29, 0.717) is 18.1 Å². The van der Waals surface area contributed by atoms with Crippen LogP contribution < -0.4 is 5.32 Å². The van der Waals surface area contributed by atoms with Crippen LogP contribution in [-0.4, -0.2) is 23.6 Å². The van der Waals surface area contributed by atoms with Gasteiger partial charge >= 0.3 is 0 Å². The molecule has 3 aromatic rings. The van der Waals surface area contributed by atoms with Crippen molar-refractivity contribution in [2.45, 2.75) is 50.5 Å². The van der Waals surface area contributed by atoms with Crippen LogP contribution in [0.3, 0.4) is 0 Å². The third-order valence-electron chi connectivity index (χ3n) is 6.79. The molecule has 1 unspecified atom stereocenters. The summed E-state index contributed by atoms with van der Waals surface area (Å²) >= 11 is 0. The van der Waals surface area contributed by atoms with Crippen molar-refractivity contribution in [3.63, 3.8) is 0 Å². The fraction of sp³-hybridized carbons (Fsp3) is 0.276. The minimum absolute atomic E-state index is 0.338. The molecule has 1 fully saturated rings. The lowest BCUT2D eigenvalue weighted by Gasteiger charge is -2.23. The number of hydrogen-bond donors (Lipinski definition) is 1. The Bertz CT molecular complexity index is 1160. The number of imide groups is 1. The first kappa shape index (κ1) is 21.3. The van der Waals surface area contributed by atoms with Crippen molar-refractivity contribution in [2.75, 3.05) is 0 Å². The van der Waals surface area contributed by atoms with Crippen LogP contribution in [0.1, 0.15) is 54.7 Å². The number of carbonyl (C=O) groups is 2. The Morgan fingerprint density at radius 1 is 0.727 bits per heavy atom. The SMILES string of the molecule is O=C1NC(=O)C(Cc2ccc(-c3ccccc3)cc2)N=C1c1ccc(C2CCCCC2)cc1. The molecule has 0 saturated heterocycles. The molecule has 1 atom stereocenters. The average molecular weight is 437 g/mol. The zero-order chi connectivity index (χ0) is 22.6. The first-order chi connectivity index (χ1) is 16.2. The molecule has 1 saturated carbocycles. The van der Waals surface area contributed by atoms with E-state index in [9.17, 15) is 9.59 Å². The van der Waals surface area contributed by atoms with Gasteiger partial charge in [0.15, 0.2) is 0 Å². The highest BCUT2D eigenvalue weighted by atomic mass is 16.2. The fourth-order valence-electron chi connectivity index (χ4n) is 4.91. The molecule has 2 amide bonds. The van der Waals surface area contributed by atoms with Gasteiger partial charge < -0.3 is 0 Å². The Labute approximate surface area is 194 Å². The molecular weight excluding hydrogens is 408 g/mol. The normalized spacial score (nSPS) is 19.2. The van der Waals surface area contributed by atoms with Gasteiger partial charge in [-0.25, -0.2) is 0 Å². The van der Waals surface area contributed by atoms with Crippen LogP contribution in [0.2, 0.25) is 0 Å². The molecule has 5 rings (SSSR count). The first-order valence-electron chi connectivity index (χ1n) is 11.8. The molecule has 1 aliphatic carbocycles. The van der Waals surface area contributed by atoms with Crippen LogP contribution in [0, 0.1) is 0 Å². The zero-order valence-corrected chi connectivity index (χ0v) is 18.7. The number of hydrogen-bond acceptors (Lipinski definition) is 3. The topological polar surface area (TPSA) is 58.5 Å². The molecule has 1 N–H and O–H groups in total. The van der Waals surface area contributed by atoms with Crippen LogP contribution >= 0.6 is 0 Å². The van der Waals surface area contributed by atoms with Crippen LogP contribution in [0.15, 0.2) is 83.9 Å². The van der Waals surface area contributed by atoms with Crippen LogP contribution in [0.4, 0.5) is 0 Å². The smallest absolute Gasteiger partial charge is 0.276 e. The Kier molecular flexibility index (Phi) is 6.16. The van der Waals surface area contributed by atoms with Gasteiger partial charge in [0.1, 0.15) is 11.8 Å². The van der Waals surface area contributed by atoms with Gasteiger partial charge in [0.05, 0.1) is 0 Å². The lowest BCUT2D eigenvalue weighted by Crippen LogP contribution is -2.47. The Morgan fingerprint density at radius 2 is 1.36 bits per heavy atom. The molecule has 0 radical (unpaired) electrons. The van der Waals surface area contributed by atoms with E-state index in [1.54, 1.807) is 0 Å². The largest absolute Gasteiger partial charge is 0.289 e. The number of aliphatic imine (C=N–C) groups is 1. The van der Waals surface area contributed by atoms with E-state index in [4.69, 9.17) is 0 Å². The summed E-state index contributed by atoms with van der Waals surface area (Å²) in [6.07, 6.45) is 6.84. The van der Waals surface area contributed by atoms with Crippen molar-refractivity contribution in [1.82, 2.24) is 5.32 Å². The van der Waals surface area contributed by atoms with Gasteiger partial charge in [0.25, 0.3) is 11.8 Å². The van der Waals surface area contributed by atoms with Crippen molar-refractivity contribution in [3.8, 4) is 11.1 Å². The van der Waals surface area contributed by atoms with E-state index in [0.717, 1.165) is 22.3 Å². The minimum Gasteiger partial charge on any atom is -0.289 e. The number of rotatable bonds is 5. The van der Waals surface area contributed by atoms with Crippen LogP contribution in [0.5, 0.6) is 0 Å². The predicted molar refractivity (Wildman–Crippen MR) is 131 cm³/mol. The Balaban J connectivity index is 1.33. The van der Waals surface area contributed by atoms with Crippen molar-refractivity contribution in [1.29, 1.82) is 0 Å². The maximum atomic E-state index is 12.5. The van der Waals surface area contributed by atoms with Gasteiger partial charge in [0.2, 0.25) is 0 Å². The fourth-order valence-corrected chi connectivity index (χ4v) is 4.91. The third kappa shape index (κ3) is 4.80. The molecule has 0 spiro atoms. The summed E-state index contributed by atoms with van der Waals surface area (Å²) in [5.74, 6) is -0.140. The third-order valence-corrected chi connectivity index (χ3v) is 6.79. The number of carbonyl (C=O) groups excluding carboxylic acids is 2. The summed E-state index contributed by atoms with van der Waals surface area (Å²) in [6.45, 7) is 0. The minimum atomic E-state index is -0.613. The van der Waals surface area contributed by atoms with Crippen molar-refractivity contribution in [3.05, 3.63) is 95.6 Å². The molecule has 4 nitrogen and oxygen atoms in total. The molecule has 1 aliphatic heterocycles. The second-order valence-corrected chi connectivity index (χ2v) is 9.04. The highest BCUT2D eigenvalue weighted by Gasteiger charge is 2.30. The van der Waals surface area contributed by atoms with Gasteiger partial charge in [-0.15, -0.1) is 0 Å². The quantitative estimate of drug-likeness (QED) is 0.540. The lowest BCUT2D eigenvalue weighted by atomic mass is 9.84. The molecule has 0 aromatic heterocycles. The molecule has 4 heteroatoms. The molecule has 0 bridgehead atoms. The van der Waals surface area contributed by atoms with E-state index < -0.39 is 11.9 Å². The van der Waals surface area contributed by atoms with E-state index in [1.807, 2.05) is 42.5 Å². The van der Waals surface area contributed by atoms with Gasteiger partial charge in [0, 0.05) is 12.0 Å². The Hall–Kier alpha value is -3.53.